The minimum Gasteiger partial charge on any atom is -0.545 e. The van der Waals surface area contributed by atoms with Crippen LogP contribution < -0.4 is 16.2 Å². The smallest absolute Gasteiger partial charge is 0.251 e. The molecule has 0 aliphatic heterocycles. The summed E-state index contributed by atoms with van der Waals surface area (Å²) in [4.78, 5) is 35.1. The standard InChI is InChI=1S/C17H22N2O4S/c1-17(2,3)9-4-5-10-11(8-9)24-16(14(10)15(18)23)19-12(20)6-7-13(21)22/h6-7,9H,4-5,8H2,1-3H3,(H2,18,23)(H,19,20)(H,21,22)/p-1/b7-6+/t9-/m1/s1. The lowest BCUT2D eigenvalue weighted by atomic mass is 9.72. The summed E-state index contributed by atoms with van der Waals surface area (Å²) >= 11 is 1.34. The fourth-order valence-electron chi connectivity index (χ4n) is 2.97. The number of carboxylic acid groups (broad SMARTS) is 1. The molecule has 0 radical (unpaired) electrons. The van der Waals surface area contributed by atoms with Gasteiger partial charge in [0, 0.05) is 11.0 Å². The molecule has 1 aromatic heterocycles. The second kappa shape index (κ2) is 6.76. The van der Waals surface area contributed by atoms with Crippen molar-refractivity contribution in [3.8, 4) is 0 Å². The summed E-state index contributed by atoms with van der Waals surface area (Å²) in [5, 5.41) is 13.3. The second-order valence-electron chi connectivity index (χ2n) is 7.02. The monoisotopic (exact) mass is 349 g/mol. The first-order valence-electron chi connectivity index (χ1n) is 7.74. The Morgan fingerprint density at radius 2 is 1.96 bits per heavy atom. The highest BCUT2D eigenvalue weighted by atomic mass is 32.1. The average molecular weight is 349 g/mol. The first-order valence-corrected chi connectivity index (χ1v) is 8.55. The third-order valence-corrected chi connectivity index (χ3v) is 5.51. The van der Waals surface area contributed by atoms with Crippen molar-refractivity contribution < 1.29 is 19.5 Å². The minimum atomic E-state index is -1.46. The lowest BCUT2D eigenvalue weighted by molar-refractivity contribution is -0.297. The average Bonchev–Trinajstić information content (AvgIpc) is 2.80. The number of amides is 2. The van der Waals surface area contributed by atoms with E-state index in [0.29, 0.717) is 22.6 Å². The normalized spacial score (nSPS) is 17.5. The van der Waals surface area contributed by atoms with Gasteiger partial charge in [-0.25, -0.2) is 0 Å². The quantitative estimate of drug-likeness (QED) is 0.796. The van der Waals surface area contributed by atoms with E-state index in [-0.39, 0.29) is 5.41 Å². The number of carboxylic acids is 1. The molecule has 6 nitrogen and oxygen atoms in total. The number of fused-ring (bicyclic) bond motifs is 1. The fourth-order valence-corrected chi connectivity index (χ4v) is 4.31. The highest BCUT2D eigenvalue weighted by Gasteiger charge is 2.33. The third kappa shape index (κ3) is 4.03. The first kappa shape index (κ1) is 18.2. The second-order valence-corrected chi connectivity index (χ2v) is 8.12. The zero-order valence-electron chi connectivity index (χ0n) is 14.0. The Morgan fingerprint density at radius 1 is 1.29 bits per heavy atom. The molecular formula is C17H21N2O4S-. The number of thiophene rings is 1. The van der Waals surface area contributed by atoms with Crippen LogP contribution in [0.3, 0.4) is 0 Å². The van der Waals surface area contributed by atoms with Crippen LogP contribution >= 0.6 is 11.3 Å². The van der Waals surface area contributed by atoms with Gasteiger partial charge in [-0.2, -0.15) is 0 Å². The van der Waals surface area contributed by atoms with E-state index < -0.39 is 17.8 Å². The number of aliphatic carboxylic acids is 1. The number of anilines is 1. The van der Waals surface area contributed by atoms with Crippen molar-refractivity contribution in [2.45, 2.75) is 40.0 Å². The molecule has 0 saturated heterocycles. The summed E-state index contributed by atoms with van der Waals surface area (Å²) in [7, 11) is 0. The molecule has 0 bridgehead atoms. The molecule has 7 heteroatoms. The van der Waals surface area contributed by atoms with E-state index in [1.807, 2.05) is 0 Å². The Labute approximate surface area is 144 Å². The van der Waals surface area contributed by atoms with Crippen LogP contribution in [0.5, 0.6) is 0 Å². The van der Waals surface area contributed by atoms with E-state index >= 15 is 0 Å². The predicted molar refractivity (Wildman–Crippen MR) is 90.6 cm³/mol. The molecule has 2 rings (SSSR count). The van der Waals surface area contributed by atoms with Gasteiger partial charge in [0.2, 0.25) is 5.91 Å². The van der Waals surface area contributed by atoms with Crippen molar-refractivity contribution in [3.05, 3.63) is 28.2 Å². The maximum atomic E-state index is 11.8. The lowest BCUT2D eigenvalue weighted by Gasteiger charge is -2.33. The van der Waals surface area contributed by atoms with E-state index in [0.717, 1.165) is 35.8 Å². The van der Waals surface area contributed by atoms with Crippen molar-refractivity contribution >= 4 is 34.1 Å². The van der Waals surface area contributed by atoms with Crippen molar-refractivity contribution in [1.29, 1.82) is 0 Å². The molecule has 1 heterocycles. The predicted octanol–water partition coefficient (Wildman–Crippen LogP) is 1.24. The Hall–Kier alpha value is -2.15. The van der Waals surface area contributed by atoms with Crippen molar-refractivity contribution in [2.75, 3.05) is 5.32 Å². The van der Waals surface area contributed by atoms with Gasteiger partial charge in [-0.05, 0) is 42.2 Å². The molecule has 24 heavy (non-hydrogen) atoms. The number of hydrogen-bond acceptors (Lipinski definition) is 5. The van der Waals surface area contributed by atoms with Crippen LogP contribution in [-0.4, -0.2) is 17.8 Å². The molecule has 0 saturated carbocycles. The van der Waals surface area contributed by atoms with E-state index in [2.05, 4.69) is 26.1 Å². The van der Waals surface area contributed by atoms with Gasteiger partial charge in [-0.15, -0.1) is 11.3 Å². The van der Waals surface area contributed by atoms with Gasteiger partial charge in [0.05, 0.1) is 11.5 Å². The number of primary amides is 1. The van der Waals surface area contributed by atoms with Crippen LogP contribution in [0.2, 0.25) is 0 Å². The van der Waals surface area contributed by atoms with Gasteiger partial charge in [0.15, 0.2) is 0 Å². The minimum absolute atomic E-state index is 0.162. The van der Waals surface area contributed by atoms with Crippen LogP contribution in [-0.2, 0) is 22.4 Å². The van der Waals surface area contributed by atoms with Crippen LogP contribution in [0, 0.1) is 11.3 Å². The largest absolute Gasteiger partial charge is 0.545 e. The Bertz CT molecular complexity index is 713. The van der Waals surface area contributed by atoms with E-state index in [1.165, 1.54) is 11.3 Å². The molecule has 0 spiro atoms. The van der Waals surface area contributed by atoms with Gasteiger partial charge < -0.3 is 21.0 Å². The molecule has 0 unspecified atom stereocenters. The van der Waals surface area contributed by atoms with Gasteiger partial charge >= 0.3 is 0 Å². The maximum absolute atomic E-state index is 11.8. The Morgan fingerprint density at radius 3 is 2.50 bits per heavy atom. The van der Waals surface area contributed by atoms with Gasteiger partial charge in [0.25, 0.3) is 5.91 Å². The van der Waals surface area contributed by atoms with Gasteiger partial charge in [-0.3, -0.25) is 9.59 Å². The summed E-state index contributed by atoms with van der Waals surface area (Å²) in [6, 6.07) is 0. The van der Waals surface area contributed by atoms with Gasteiger partial charge in [0.1, 0.15) is 5.00 Å². The van der Waals surface area contributed by atoms with Crippen LogP contribution in [0.15, 0.2) is 12.2 Å². The zero-order chi connectivity index (χ0) is 18.1. The van der Waals surface area contributed by atoms with E-state index in [4.69, 9.17) is 5.73 Å². The fraction of sp³-hybridized carbons (Fsp3) is 0.471. The van der Waals surface area contributed by atoms with Crippen molar-refractivity contribution in [1.82, 2.24) is 0 Å². The van der Waals surface area contributed by atoms with E-state index in [9.17, 15) is 19.5 Å². The Balaban J connectivity index is 2.31. The summed E-state index contributed by atoms with van der Waals surface area (Å²) < 4.78 is 0. The molecule has 1 aliphatic rings. The number of nitrogens with one attached hydrogen (secondary N) is 1. The number of nitrogens with two attached hydrogens (primary N) is 1. The Kier molecular flexibility index (Phi) is 5.13. The number of carbonyl (C=O) groups is 3. The molecule has 3 N–H and O–H groups in total. The molecule has 1 aromatic rings. The summed E-state index contributed by atoms with van der Waals surface area (Å²) in [5.74, 6) is -2.18. The van der Waals surface area contributed by atoms with E-state index in [1.54, 1.807) is 0 Å². The molecule has 0 fully saturated rings. The molecule has 1 atom stereocenters. The molecular weight excluding hydrogens is 328 g/mol. The molecule has 0 aromatic carbocycles. The van der Waals surface area contributed by atoms with Gasteiger partial charge in [-0.1, -0.05) is 20.8 Å². The van der Waals surface area contributed by atoms with Crippen molar-refractivity contribution in [2.24, 2.45) is 17.1 Å². The lowest BCUT2D eigenvalue weighted by Crippen LogP contribution is -2.27. The molecule has 130 valence electrons. The third-order valence-electron chi connectivity index (χ3n) is 4.34. The highest BCUT2D eigenvalue weighted by molar-refractivity contribution is 7.17. The number of hydrogen-bond donors (Lipinski definition) is 2. The maximum Gasteiger partial charge on any atom is 0.251 e. The molecule has 1 aliphatic carbocycles. The first-order chi connectivity index (χ1) is 11.1. The SMILES string of the molecule is CC(C)(C)[C@@H]1CCc2c(sc(NC(=O)/C=C/C(=O)[O-])c2C(N)=O)C1. The number of carbonyl (C=O) groups excluding carboxylic acids is 3. The van der Waals surface area contributed by atoms with Crippen LogP contribution in [0.4, 0.5) is 5.00 Å². The topological polar surface area (TPSA) is 112 Å². The summed E-state index contributed by atoms with van der Waals surface area (Å²) in [6.45, 7) is 6.58. The van der Waals surface area contributed by atoms with Crippen LogP contribution in [0.1, 0.15) is 48.0 Å². The summed E-state index contributed by atoms with van der Waals surface area (Å²) in [6.07, 6.45) is 4.05. The zero-order valence-corrected chi connectivity index (χ0v) is 14.8. The van der Waals surface area contributed by atoms with Crippen LogP contribution in [0.25, 0.3) is 0 Å². The van der Waals surface area contributed by atoms with Crippen molar-refractivity contribution in [3.63, 3.8) is 0 Å². The molecule has 2 amide bonds. The number of rotatable bonds is 4. The summed E-state index contributed by atoms with van der Waals surface area (Å²) in [5.41, 5.74) is 6.91. The highest BCUT2D eigenvalue weighted by Crippen LogP contribution is 2.44.